The second-order valence-electron chi connectivity index (χ2n) is 4.93. The van der Waals surface area contributed by atoms with Gasteiger partial charge in [0.15, 0.2) is 0 Å². The smallest absolute Gasteiger partial charge is 0.123 e. The first-order chi connectivity index (χ1) is 7.75. The maximum atomic E-state index is 5.61. The highest BCUT2D eigenvalue weighted by molar-refractivity contribution is 5.16. The summed E-state index contributed by atoms with van der Waals surface area (Å²) < 4.78 is 11.1. The average Bonchev–Trinajstić information content (AvgIpc) is 2.96. The first-order valence-electron chi connectivity index (χ1n) is 6.12. The third-order valence-electron chi connectivity index (χ3n) is 2.68. The maximum Gasteiger partial charge on any atom is 0.123 e. The molecule has 1 aromatic heterocycles. The lowest BCUT2D eigenvalue weighted by Gasteiger charge is -2.07. The molecule has 1 aromatic rings. The molecule has 1 heterocycles. The second kappa shape index (κ2) is 5.51. The van der Waals surface area contributed by atoms with Gasteiger partial charge in [-0.25, -0.2) is 0 Å². The molecule has 0 saturated heterocycles. The van der Waals surface area contributed by atoms with E-state index in [0.29, 0.717) is 12.5 Å². The van der Waals surface area contributed by atoms with Crippen LogP contribution in [0.15, 0.2) is 16.7 Å². The average molecular weight is 223 g/mol. The maximum absolute atomic E-state index is 5.61. The predicted molar refractivity (Wildman–Crippen MR) is 63.1 cm³/mol. The van der Waals surface area contributed by atoms with Crippen LogP contribution in [0.1, 0.15) is 38.0 Å². The van der Waals surface area contributed by atoms with E-state index in [1.165, 1.54) is 18.4 Å². The van der Waals surface area contributed by atoms with Crippen LogP contribution in [0.3, 0.4) is 0 Å². The number of hydrogen-bond donors (Lipinski definition) is 1. The van der Waals surface area contributed by atoms with Gasteiger partial charge in [0, 0.05) is 18.2 Å². The highest BCUT2D eigenvalue weighted by atomic mass is 16.5. The van der Waals surface area contributed by atoms with Gasteiger partial charge >= 0.3 is 0 Å². The Balaban J connectivity index is 1.76. The van der Waals surface area contributed by atoms with E-state index >= 15 is 0 Å². The first kappa shape index (κ1) is 11.7. The van der Waals surface area contributed by atoms with Gasteiger partial charge in [-0.15, -0.1) is 0 Å². The summed E-state index contributed by atoms with van der Waals surface area (Å²) in [5, 5.41) is 3.45. The highest BCUT2D eigenvalue weighted by Crippen LogP contribution is 2.20. The van der Waals surface area contributed by atoms with Crippen molar-refractivity contribution >= 4 is 0 Å². The summed E-state index contributed by atoms with van der Waals surface area (Å²) >= 11 is 0. The van der Waals surface area contributed by atoms with E-state index in [0.717, 1.165) is 25.0 Å². The SMILES string of the molecule is CC(C)COCc1ccoc1CNC1CC1. The van der Waals surface area contributed by atoms with E-state index in [1.807, 2.05) is 6.07 Å². The summed E-state index contributed by atoms with van der Waals surface area (Å²) in [4.78, 5) is 0. The first-order valence-corrected chi connectivity index (χ1v) is 6.12. The van der Waals surface area contributed by atoms with Gasteiger partial charge in [-0.1, -0.05) is 13.8 Å². The standard InChI is InChI=1S/C13H21NO2/c1-10(2)8-15-9-11-5-6-16-13(11)7-14-12-3-4-12/h5-6,10,12,14H,3-4,7-9H2,1-2H3. The number of nitrogens with one attached hydrogen (secondary N) is 1. The zero-order valence-corrected chi connectivity index (χ0v) is 10.2. The van der Waals surface area contributed by atoms with E-state index < -0.39 is 0 Å². The minimum atomic E-state index is 0.583. The van der Waals surface area contributed by atoms with Gasteiger partial charge in [-0.3, -0.25) is 0 Å². The van der Waals surface area contributed by atoms with E-state index in [2.05, 4.69) is 19.2 Å². The summed E-state index contributed by atoms with van der Waals surface area (Å²) in [6.07, 6.45) is 4.36. The molecule has 0 atom stereocenters. The van der Waals surface area contributed by atoms with Crippen molar-refractivity contribution in [2.75, 3.05) is 6.61 Å². The second-order valence-corrected chi connectivity index (χ2v) is 4.93. The number of rotatable bonds is 7. The van der Waals surface area contributed by atoms with Crippen molar-refractivity contribution < 1.29 is 9.15 Å². The molecule has 90 valence electrons. The largest absolute Gasteiger partial charge is 0.468 e. The van der Waals surface area contributed by atoms with E-state index in [9.17, 15) is 0 Å². The molecule has 1 fully saturated rings. The van der Waals surface area contributed by atoms with Gasteiger partial charge in [0.05, 0.1) is 19.4 Å². The van der Waals surface area contributed by atoms with E-state index in [4.69, 9.17) is 9.15 Å². The minimum absolute atomic E-state index is 0.583. The molecule has 0 amide bonds. The van der Waals surface area contributed by atoms with Crippen molar-refractivity contribution in [1.29, 1.82) is 0 Å². The lowest BCUT2D eigenvalue weighted by molar-refractivity contribution is 0.0959. The van der Waals surface area contributed by atoms with Gasteiger partial charge in [-0.05, 0) is 24.8 Å². The molecule has 3 heteroatoms. The molecule has 2 rings (SSSR count). The van der Waals surface area contributed by atoms with Crippen molar-refractivity contribution in [2.45, 2.75) is 45.9 Å². The number of ether oxygens (including phenoxy) is 1. The molecule has 0 aromatic carbocycles. The Kier molecular flexibility index (Phi) is 4.02. The molecule has 0 bridgehead atoms. The molecule has 16 heavy (non-hydrogen) atoms. The van der Waals surface area contributed by atoms with Crippen molar-refractivity contribution in [2.24, 2.45) is 5.92 Å². The molecule has 1 aliphatic carbocycles. The van der Waals surface area contributed by atoms with E-state index in [-0.39, 0.29) is 0 Å². The van der Waals surface area contributed by atoms with Crippen LogP contribution < -0.4 is 5.32 Å². The summed E-state index contributed by atoms with van der Waals surface area (Å²) in [5.41, 5.74) is 1.17. The number of furan rings is 1. The van der Waals surface area contributed by atoms with Crippen molar-refractivity contribution in [1.82, 2.24) is 5.32 Å². The highest BCUT2D eigenvalue weighted by Gasteiger charge is 2.21. The molecule has 0 aliphatic heterocycles. The van der Waals surface area contributed by atoms with Crippen molar-refractivity contribution in [3.05, 3.63) is 23.7 Å². The fourth-order valence-electron chi connectivity index (χ4n) is 1.58. The zero-order valence-electron chi connectivity index (χ0n) is 10.2. The Morgan fingerprint density at radius 3 is 3.00 bits per heavy atom. The lowest BCUT2D eigenvalue weighted by Crippen LogP contribution is -2.16. The van der Waals surface area contributed by atoms with Gasteiger partial charge in [-0.2, -0.15) is 0 Å². The van der Waals surface area contributed by atoms with Gasteiger partial charge in [0.2, 0.25) is 0 Å². The minimum Gasteiger partial charge on any atom is -0.468 e. The Bertz CT molecular complexity index is 315. The van der Waals surface area contributed by atoms with Crippen LogP contribution in [-0.2, 0) is 17.9 Å². The molecule has 1 saturated carbocycles. The third-order valence-corrected chi connectivity index (χ3v) is 2.68. The van der Waals surface area contributed by atoms with Crippen LogP contribution in [-0.4, -0.2) is 12.6 Å². The zero-order chi connectivity index (χ0) is 11.4. The molecular formula is C13H21NO2. The number of hydrogen-bond acceptors (Lipinski definition) is 3. The van der Waals surface area contributed by atoms with Crippen molar-refractivity contribution in [3.8, 4) is 0 Å². The predicted octanol–water partition coefficient (Wildman–Crippen LogP) is 2.70. The normalized spacial score (nSPS) is 15.9. The quantitative estimate of drug-likeness (QED) is 0.771. The van der Waals surface area contributed by atoms with Gasteiger partial charge < -0.3 is 14.5 Å². The summed E-state index contributed by atoms with van der Waals surface area (Å²) in [6.45, 7) is 6.62. The van der Waals surface area contributed by atoms with Crippen LogP contribution in [0.25, 0.3) is 0 Å². The topological polar surface area (TPSA) is 34.4 Å². The Morgan fingerprint density at radius 1 is 1.50 bits per heavy atom. The monoisotopic (exact) mass is 223 g/mol. The Labute approximate surface area is 97.2 Å². The van der Waals surface area contributed by atoms with E-state index in [1.54, 1.807) is 6.26 Å². The Morgan fingerprint density at radius 2 is 2.31 bits per heavy atom. The van der Waals surface area contributed by atoms with Gasteiger partial charge in [0.1, 0.15) is 5.76 Å². The van der Waals surface area contributed by atoms with Crippen molar-refractivity contribution in [3.63, 3.8) is 0 Å². The van der Waals surface area contributed by atoms with Crippen LogP contribution in [0.2, 0.25) is 0 Å². The summed E-state index contributed by atoms with van der Waals surface area (Å²) in [5.74, 6) is 1.61. The fraction of sp³-hybridized carbons (Fsp3) is 0.692. The lowest BCUT2D eigenvalue weighted by atomic mass is 10.2. The molecule has 1 aliphatic rings. The summed E-state index contributed by atoms with van der Waals surface area (Å²) in [7, 11) is 0. The summed E-state index contributed by atoms with van der Waals surface area (Å²) in [6, 6.07) is 2.72. The van der Waals surface area contributed by atoms with Crippen LogP contribution in [0.5, 0.6) is 0 Å². The van der Waals surface area contributed by atoms with Crippen LogP contribution >= 0.6 is 0 Å². The molecule has 1 N–H and O–H groups in total. The third kappa shape index (κ3) is 3.65. The molecule has 0 radical (unpaired) electrons. The van der Waals surface area contributed by atoms with Crippen LogP contribution in [0.4, 0.5) is 0 Å². The van der Waals surface area contributed by atoms with Gasteiger partial charge in [0.25, 0.3) is 0 Å². The fourth-order valence-corrected chi connectivity index (χ4v) is 1.58. The molecule has 3 nitrogen and oxygen atoms in total. The molecule has 0 spiro atoms. The Hall–Kier alpha value is -0.800. The van der Waals surface area contributed by atoms with Crippen LogP contribution in [0, 0.1) is 5.92 Å². The molecular weight excluding hydrogens is 202 g/mol. The molecule has 0 unspecified atom stereocenters.